The summed E-state index contributed by atoms with van der Waals surface area (Å²) in [4.78, 5) is 3.19. The molecule has 50 heavy (non-hydrogen) atoms. The van der Waals surface area contributed by atoms with Gasteiger partial charge in [0.25, 0.3) is 20.2 Å². The minimum Gasteiger partial charge on any atom is -0.395 e. The minimum absolute atomic E-state index is 0.00216. The molecule has 3 rings (SSSR count). The Kier molecular flexibility index (Phi) is 13.4. The van der Waals surface area contributed by atoms with Crippen LogP contribution in [0.15, 0.2) is 72.7 Å². The number of aliphatic hydroxyl groups excluding tert-OH is 2. The quantitative estimate of drug-likeness (QED) is 0.0716. The van der Waals surface area contributed by atoms with Gasteiger partial charge in [0.05, 0.1) is 58.2 Å². The first kappa shape index (κ1) is 40.3. The van der Waals surface area contributed by atoms with Gasteiger partial charge in [0, 0.05) is 18.7 Å². The summed E-state index contributed by atoms with van der Waals surface area (Å²) >= 11 is 0. The Labute approximate surface area is 287 Å². The fourth-order valence-electron chi connectivity index (χ4n) is 3.98. The maximum Gasteiger partial charge on any atom is 0.296 e. The third kappa shape index (κ3) is 11.7. The summed E-state index contributed by atoms with van der Waals surface area (Å²) in [5.74, 6) is -1.81. The van der Waals surface area contributed by atoms with Crippen molar-refractivity contribution in [1.29, 1.82) is 0 Å². The number of azo groups is 2. The van der Waals surface area contributed by atoms with E-state index in [2.05, 4.69) is 36.1 Å². The molecule has 0 atom stereocenters. The van der Waals surface area contributed by atoms with Gasteiger partial charge < -0.3 is 26.6 Å². The monoisotopic (exact) mass is 778 g/mol. The van der Waals surface area contributed by atoms with Crippen LogP contribution in [0.4, 0.5) is 40.1 Å². The van der Waals surface area contributed by atoms with Crippen LogP contribution >= 0.6 is 0 Å². The van der Waals surface area contributed by atoms with E-state index in [0.717, 1.165) is 24.3 Å². The van der Waals surface area contributed by atoms with Crippen molar-refractivity contribution in [2.45, 2.75) is 16.7 Å². The molecule has 0 saturated carbocycles. The van der Waals surface area contributed by atoms with Crippen LogP contribution in [-0.4, -0.2) is 107 Å². The molecular weight excluding hydrogens is 745 g/mol. The third-order valence-corrected chi connectivity index (χ3v) is 11.6. The Morgan fingerprint density at radius 2 is 1.20 bits per heavy atom. The SMILES string of the molecule is Cc1c(N)c(NCCS(=O)(=O)CCO)nc(NCCS(=O)(=O)CCO)c1N=Nc1ccc(N=Nc2ccc(S(=O)(=O)O)cc2)cc1S(=O)(=O)O. The summed E-state index contributed by atoms with van der Waals surface area (Å²) in [6, 6.07) is 7.96. The zero-order valence-electron chi connectivity index (χ0n) is 26.2. The van der Waals surface area contributed by atoms with Gasteiger partial charge in [-0.1, -0.05) is 0 Å². The fourth-order valence-corrected chi connectivity index (χ4v) is 6.89. The van der Waals surface area contributed by atoms with Gasteiger partial charge in [-0.25, -0.2) is 21.8 Å². The largest absolute Gasteiger partial charge is 0.395 e. The number of benzene rings is 2. The van der Waals surface area contributed by atoms with E-state index in [-0.39, 0.29) is 69.4 Å². The lowest BCUT2D eigenvalue weighted by molar-refractivity contribution is 0.319. The Hall–Kier alpha value is -4.17. The van der Waals surface area contributed by atoms with Gasteiger partial charge >= 0.3 is 0 Å². The average Bonchev–Trinajstić information content (AvgIpc) is 3.01. The van der Waals surface area contributed by atoms with Gasteiger partial charge in [0.2, 0.25) is 0 Å². The van der Waals surface area contributed by atoms with Crippen LogP contribution in [0, 0.1) is 6.92 Å². The van der Waals surface area contributed by atoms with Gasteiger partial charge in [0.15, 0.2) is 31.3 Å². The molecule has 0 saturated heterocycles. The molecule has 3 aromatic rings. The molecule has 0 fully saturated rings. The van der Waals surface area contributed by atoms with Crippen LogP contribution in [0.2, 0.25) is 0 Å². The Morgan fingerprint density at radius 3 is 1.72 bits per heavy atom. The lowest BCUT2D eigenvalue weighted by atomic mass is 10.2. The molecule has 2 aromatic carbocycles. The normalized spacial score (nSPS) is 12.9. The van der Waals surface area contributed by atoms with E-state index in [4.69, 9.17) is 20.5 Å². The number of rotatable bonds is 18. The van der Waals surface area contributed by atoms with Crippen molar-refractivity contribution in [1.82, 2.24) is 4.98 Å². The number of aliphatic hydroxyl groups is 2. The zero-order valence-corrected chi connectivity index (χ0v) is 29.5. The molecule has 0 amide bonds. The number of nitrogens with one attached hydrogen (secondary N) is 2. The van der Waals surface area contributed by atoms with Crippen LogP contribution < -0.4 is 16.4 Å². The molecular formula is C26H34N8O12S4. The number of aromatic nitrogens is 1. The van der Waals surface area contributed by atoms with E-state index < -0.39 is 75.3 Å². The van der Waals surface area contributed by atoms with E-state index in [1.165, 1.54) is 25.1 Å². The van der Waals surface area contributed by atoms with Gasteiger partial charge in [-0.15, -0.1) is 10.2 Å². The molecule has 1 heterocycles. The molecule has 24 heteroatoms. The Bertz CT molecular complexity index is 2200. The molecule has 0 aliphatic carbocycles. The minimum atomic E-state index is -4.93. The van der Waals surface area contributed by atoms with Crippen molar-refractivity contribution >= 4 is 80.0 Å². The maximum atomic E-state index is 12.3. The standard InChI is InChI=1S/C26H34N8O12S4/c1-17-23(27)25(28-8-12-47(37,38)14-10-35)30-26(29-9-13-48(39,40)15-11-36)24(17)34-33-21-7-4-19(16-22(21)50(44,45)46)32-31-18-2-5-20(6-3-18)49(41,42)43/h2-7,16,35-36H,8-15,27H2,1H3,(H2,28,29,30)(H,41,42,43)(H,44,45,46). The van der Waals surface area contributed by atoms with E-state index in [1.54, 1.807) is 0 Å². The molecule has 8 N–H and O–H groups in total. The van der Waals surface area contributed by atoms with Gasteiger partial charge in [-0.3, -0.25) is 9.11 Å². The van der Waals surface area contributed by atoms with E-state index in [0.29, 0.717) is 0 Å². The van der Waals surface area contributed by atoms with Crippen LogP contribution in [0.1, 0.15) is 5.56 Å². The molecule has 0 radical (unpaired) electrons. The summed E-state index contributed by atoms with van der Waals surface area (Å²) in [5.41, 5.74) is 6.07. The number of hydrogen-bond donors (Lipinski definition) is 7. The first-order chi connectivity index (χ1) is 23.3. The van der Waals surface area contributed by atoms with E-state index in [9.17, 15) is 38.2 Å². The summed E-state index contributed by atoms with van der Waals surface area (Å²) in [5, 5.41) is 39.3. The zero-order chi connectivity index (χ0) is 37.3. The predicted octanol–water partition coefficient (Wildman–Crippen LogP) is 1.93. The smallest absolute Gasteiger partial charge is 0.296 e. The highest BCUT2D eigenvalue weighted by Gasteiger charge is 2.20. The highest BCUT2D eigenvalue weighted by atomic mass is 32.2. The summed E-state index contributed by atoms with van der Waals surface area (Å²) < 4.78 is 114. The number of nitrogen functional groups attached to an aromatic ring is 1. The first-order valence-electron chi connectivity index (χ1n) is 14.2. The Morgan fingerprint density at radius 1 is 0.680 bits per heavy atom. The van der Waals surface area contributed by atoms with Crippen molar-refractivity contribution in [3.8, 4) is 0 Å². The van der Waals surface area contributed by atoms with Crippen molar-refractivity contribution in [2.75, 3.05) is 65.7 Å². The first-order valence-corrected chi connectivity index (χ1v) is 20.7. The average molecular weight is 779 g/mol. The summed E-state index contributed by atoms with van der Waals surface area (Å²) in [6.45, 7) is -0.0319. The lowest BCUT2D eigenvalue weighted by Gasteiger charge is -2.16. The van der Waals surface area contributed by atoms with Crippen molar-refractivity contribution < 1.29 is 53.0 Å². The van der Waals surface area contributed by atoms with Crippen LogP contribution in [-0.2, 0) is 39.9 Å². The van der Waals surface area contributed by atoms with Gasteiger partial charge in [0.1, 0.15) is 16.3 Å². The molecule has 1 aromatic heterocycles. The predicted molar refractivity (Wildman–Crippen MR) is 183 cm³/mol. The highest BCUT2D eigenvalue weighted by molar-refractivity contribution is 7.91. The second-order valence-corrected chi connectivity index (χ2v) is 17.7. The van der Waals surface area contributed by atoms with Crippen molar-refractivity contribution in [3.05, 3.63) is 48.0 Å². The number of sulfone groups is 2. The van der Waals surface area contributed by atoms with E-state index in [1.807, 2.05) is 0 Å². The van der Waals surface area contributed by atoms with Gasteiger partial charge in [-0.2, -0.15) is 27.1 Å². The third-order valence-electron chi connectivity index (χ3n) is 6.57. The fraction of sp³-hybridized carbons (Fsp3) is 0.346. The number of nitrogens with two attached hydrogens (primary N) is 1. The molecule has 0 spiro atoms. The summed E-state index contributed by atoms with van der Waals surface area (Å²) in [7, 11) is -16.6. The lowest BCUT2D eigenvalue weighted by Crippen LogP contribution is -2.22. The molecule has 20 nitrogen and oxygen atoms in total. The highest BCUT2D eigenvalue weighted by Crippen LogP contribution is 2.38. The number of anilines is 3. The van der Waals surface area contributed by atoms with E-state index >= 15 is 0 Å². The summed E-state index contributed by atoms with van der Waals surface area (Å²) in [6.07, 6.45) is 0. The molecule has 0 aliphatic heterocycles. The second-order valence-electron chi connectivity index (χ2n) is 10.3. The molecule has 0 unspecified atom stereocenters. The van der Waals surface area contributed by atoms with Gasteiger partial charge in [-0.05, 0) is 49.4 Å². The maximum absolute atomic E-state index is 12.3. The van der Waals surface area contributed by atoms with Crippen LogP contribution in [0.3, 0.4) is 0 Å². The van der Waals surface area contributed by atoms with Crippen LogP contribution in [0.5, 0.6) is 0 Å². The number of hydrogen-bond acceptors (Lipinski definition) is 18. The number of pyridine rings is 1. The van der Waals surface area contributed by atoms with Crippen molar-refractivity contribution in [2.24, 2.45) is 20.5 Å². The molecule has 274 valence electrons. The molecule has 0 aliphatic rings. The second kappa shape index (κ2) is 16.7. The van der Waals surface area contributed by atoms with Crippen LogP contribution in [0.25, 0.3) is 0 Å². The number of nitrogens with zero attached hydrogens (tertiary/aromatic N) is 5. The Balaban J connectivity index is 1.99. The topological polar surface area (TPSA) is 330 Å². The van der Waals surface area contributed by atoms with Crippen molar-refractivity contribution in [3.63, 3.8) is 0 Å². The molecule has 0 bridgehead atoms.